The Kier molecular flexibility index (Phi) is 2.76. The van der Waals surface area contributed by atoms with E-state index < -0.39 is 0 Å². The standard InChI is InChI=1S/C9H12IN/c1-7-5-4-6-8(10)9(7)11(2)3/h4-6H,1-3H3. The fourth-order valence-electron chi connectivity index (χ4n) is 1.19. The van der Waals surface area contributed by atoms with Crippen LogP contribution >= 0.6 is 22.6 Å². The Morgan fingerprint density at radius 3 is 2.27 bits per heavy atom. The van der Waals surface area contributed by atoms with E-state index >= 15 is 0 Å². The number of benzene rings is 1. The first-order valence-corrected chi connectivity index (χ1v) is 4.63. The molecule has 1 nitrogen and oxygen atoms in total. The van der Waals surface area contributed by atoms with Gasteiger partial charge >= 0.3 is 0 Å². The van der Waals surface area contributed by atoms with Crippen molar-refractivity contribution in [1.29, 1.82) is 0 Å². The van der Waals surface area contributed by atoms with Gasteiger partial charge in [-0.25, -0.2) is 0 Å². The molecular weight excluding hydrogens is 249 g/mol. The molecule has 1 aromatic carbocycles. The van der Waals surface area contributed by atoms with Gasteiger partial charge < -0.3 is 4.90 Å². The number of hydrogen-bond donors (Lipinski definition) is 0. The Morgan fingerprint density at radius 1 is 1.27 bits per heavy atom. The van der Waals surface area contributed by atoms with Gasteiger partial charge in [0.1, 0.15) is 0 Å². The summed E-state index contributed by atoms with van der Waals surface area (Å²) in [5.41, 5.74) is 2.66. The van der Waals surface area contributed by atoms with Crippen LogP contribution < -0.4 is 4.90 Å². The maximum atomic E-state index is 2.36. The van der Waals surface area contributed by atoms with Crippen LogP contribution in [0.5, 0.6) is 0 Å². The molecule has 0 N–H and O–H groups in total. The minimum absolute atomic E-state index is 1.31. The number of hydrogen-bond acceptors (Lipinski definition) is 1. The molecule has 1 rings (SSSR count). The second-order valence-corrected chi connectivity index (χ2v) is 3.96. The highest BCUT2D eigenvalue weighted by atomic mass is 127. The van der Waals surface area contributed by atoms with Gasteiger partial charge in [-0.15, -0.1) is 0 Å². The molecule has 0 heterocycles. The normalized spacial score (nSPS) is 9.82. The van der Waals surface area contributed by atoms with Crippen molar-refractivity contribution < 1.29 is 0 Å². The summed E-state index contributed by atoms with van der Waals surface area (Å²) in [4.78, 5) is 2.15. The van der Waals surface area contributed by atoms with Crippen LogP contribution in [-0.4, -0.2) is 14.1 Å². The van der Waals surface area contributed by atoms with Gasteiger partial charge in [0.05, 0.1) is 5.69 Å². The third-order valence-corrected chi connectivity index (χ3v) is 2.51. The second kappa shape index (κ2) is 3.43. The molecule has 0 aliphatic carbocycles. The maximum Gasteiger partial charge on any atom is 0.0526 e. The topological polar surface area (TPSA) is 3.24 Å². The third-order valence-electron chi connectivity index (χ3n) is 1.64. The highest BCUT2D eigenvalue weighted by molar-refractivity contribution is 14.1. The molecular formula is C9H12IN. The third kappa shape index (κ3) is 1.86. The molecule has 0 radical (unpaired) electrons. The zero-order valence-electron chi connectivity index (χ0n) is 7.06. The Hall–Kier alpha value is -0.250. The van der Waals surface area contributed by atoms with Crippen molar-refractivity contribution in [3.05, 3.63) is 27.3 Å². The highest BCUT2D eigenvalue weighted by Gasteiger charge is 2.03. The lowest BCUT2D eigenvalue weighted by atomic mass is 10.2. The van der Waals surface area contributed by atoms with Crippen LogP contribution in [0.15, 0.2) is 18.2 Å². The van der Waals surface area contributed by atoms with Crippen molar-refractivity contribution in [1.82, 2.24) is 0 Å². The average molecular weight is 261 g/mol. The van der Waals surface area contributed by atoms with Gasteiger partial charge in [-0.3, -0.25) is 0 Å². The van der Waals surface area contributed by atoms with Crippen molar-refractivity contribution in [3.63, 3.8) is 0 Å². The molecule has 0 aliphatic rings. The van der Waals surface area contributed by atoms with Crippen LogP contribution in [0, 0.1) is 10.5 Å². The molecule has 0 aromatic heterocycles. The lowest BCUT2D eigenvalue weighted by Gasteiger charge is -2.16. The zero-order valence-corrected chi connectivity index (χ0v) is 9.21. The lowest BCUT2D eigenvalue weighted by molar-refractivity contribution is 1.11. The first-order valence-electron chi connectivity index (χ1n) is 3.55. The van der Waals surface area contributed by atoms with Crippen molar-refractivity contribution in [2.75, 3.05) is 19.0 Å². The zero-order chi connectivity index (χ0) is 8.43. The monoisotopic (exact) mass is 261 g/mol. The minimum Gasteiger partial charge on any atom is -0.377 e. The van der Waals surface area contributed by atoms with Crippen LogP contribution in [0.2, 0.25) is 0 Å². The number of halogens is 1. The summed E-state index contributed by atoms with van der Waals surface area (Å²) in [6.07, 6.45) is 0. The summed E-state index contributed by atoms with van der Waals surface area (Å²) in [6, 6.07) is 6.35. The average Bonchev–Trinajstić information content (AvgIpc) is 1.85. The van der Waals surface area contributed by atoms with Gasteiger partial charge in [-0.05, 0) is 41.1 Å². The molecule has 0 bridgehead atoms. The Balaban J connectivity index is 3.21. The van der Waals surface area contributed by atoms with Crippen LogP contribution in [0.1, 0.15) is 5.56 Å². The minimum atomic E-state index is 1.31. The van der Waals surface area contributed by atoms with Gasteiger partial charge in [-0.1, -0.05) is 12.1 Å². The first-order chi connectivity index (χ1) is 5.13. The summed E-state index contributed by atoms with van der Waals surface area (Å²) >= 11 is 2.36. The molecule has 11 heavy (non-hydrogen) atoms. The van der Waals surface area contributed by atoms with E-state index in [2.05, 4.69) is 66.7 Å². The molecule has 1 aromatic rings. The van der Waals surface area contributed by atoms with E-state index in [0.717, 1.165) is 0 Å². The van der Waals surface area contributed by atoms with Gasteiger partial charge in [0.15, 0.2) is 0 Å². The number of anilines is 1. The summed E-state index contributed by atoms with van der Waals surface area (Å²) in [5.74, 6) is 0. The van der Waals surface area contributed by atoms with Gasteiger partial charge in [0.25, 0.3) is 0 Å². The maximum absolute atomic E-state index is 2.36. The Morgan fingerprint density at radius 2 is 1.91 bits per heavy atom. The van der Waals surface area contributed by atoms with E-state index in [4.69, 9.17) is 0 Å². The largest absolute Gasteiger partial charge is 0.377 e. The van der Waals surface area contributed by atoms with Gasteiger partial charge in [0, 0.05) is 17.7 Å². The molecule has 60 valence electrons. The highest BCUT2D eigenvalue weighted by Crippen LogP contribution is 2.24. The molecule has 2 heteroatoms. The van der Waals surface area contributed by atoms with Crippen LogP contribution in [-0.2, 0) is 0 Å². The Labute approximate surface area is 81.5 Å². The second-order valence-electron chi connectivity index (χ2n) is 2.80. The molecule has 0 fully saturated rings. The van der Waals surface area contributed by atoms with Crippen LogP contribution in [0.4, 0.5) is 5.69 Å². The molecule has 0 unspecified atom stereocenters. The fourth-order valence-corrected chi connectivity index (χ4v) is 2.30. The number of nitrogens with zero attached hydrogens (tertiary/aromatic N) is 1. The van der Waals surface area contributed by atoms with Crippen molar-refractivity contribution >= 4 is 28.3 Å². The lowest BCUT2D eigenvalue weighted by Crippen LogP contribution is -2.11. The smallest absolute Gasteiger partial charge is 0.0526 e. The van der Waals surface area contributed by atoms with E-state index in [9.17, 15) is 0 Å². The van der Waals surface area contributed by atoms with E-state index in [1.165, 1.54) is 14.8 Å². The molecule has 0 aliphatic heterocycles. The predicted molar refractivity (Wildman–Crippen MR) is 58.2 cm³/mol. The summed E-state index contributed by atoms with van der Waals surface area (Å²) in [7, 11) is 4.15. The summed E-state index contributed by atoms with van der Waals surface area (Å²) < 4.78 is 1.31. The van der Waals surface area contributed by atoms with E-state index in [1.54, 1.807) is 0 Å². The van der Waals surface area contributed by atoms with Gasteiger partial charge in [0.2, 0.25) is 0 Å². The van der Waals surface area contributed by atoms with Crippen LogP contribution in [0.25, 0.3) is 0 Å². The van der Waals surface area contributed by atoms with E-state index in [0.29, 0.717) is 0 Å². The van der Waals surface area contributed by atoms with Gasteiger partial charge in [-0.2, -0.15) is 0 Å². The molecule has 0 saturated carbocycles. The predicted octanol–water partition coefficient (Wildman–Crippen LogP) is 2.67. The molecule has 0 amide bonds. The first kappa shape index (κ1) is 8.84. The molecule has 0 saturated heterocycles. The quantitative estimate of drug-likeness (QED) is 0.702. The van der Waals surface area contributed by atoms with Crippen molar-refractivity contribution in [2.45, 2.75) is 6.92 Å². The SMILES string of the molecule is Cc1cccc(I)c1N(C)C. The summed E-state index contributed by atoms with van der Waals surface area (Å²) in [6.45, 7) is 2.14. The number of aryl methyl sites for hydroxylation is 1. The molecule has 0 atom stereocenters. The van der Waals surface area contributed by atoms with E-state index in [1.807, 2.05) is 0 Å². The fraction of sp³-hybridized carbons (Fsp3) is 0.333. The number of rotatable bonds is 1. The summed E-state index contributed by atoms with van der Waals surface area (Å²) in [5, 5.41) is 0. The van der Waals surface area contributed by atoms with Crippen molar-refractivity contribution in [2.24, 2.45) is 0 Å². The van der Waals surface area contributed by atoms with Crippen LogP contribution in [0.3, 0.4) is 0 Å². The van der Waals surface area contributed by atoms with E-state index in [-0.39, 0.29) is 0 Å². The number of para-hydroxylation sites is 1. The van der Waals surface area contributed by atoms with Crippen molar-refractivity contribution in [3.8, 4) is 0 Å². The molecule has 0 spiro atoms. The Bertz CT molecular complexity index is 235.